The number of nitrogens with one attached hydrogen (secondary N) is 1. The van der Waals surface area contributed by atoms with Crippen LogP contribution in [-0.4, -0.2) is 49.1 Å². The van der Waals surface area contributed by atoms with Crippen molar-refractivity contribution < 1.29 is 14.3 Å². The van der Waals surface area contributed by atoms with Crippen molar-refractivity contribution in [1.82, 2.24) is 10.2 Å². The van der Waals surface area contributed by atoms with Gasteiger partial charge in [0.2, 0.25) is 5.91 Å². The second kappa shape index (κ2) is 7.07. The van der Waals surface area contributed by atoms with Crippen LogP contribution >= 0.6 is 0 Å². The number of esters is 1. The van der Waals surface area contributed by atoms with E-state index in [1.165, 1.54) is 39.2 Å². The molecule has 0 bridgehead atoms. The normalized spacial score (nSPS) is 28.2. The zero-order valence-corrected chi connectivity index (χ0v) is 12.6. The number of carbonyl (C=O) groups excluding carboxylic acids is 2. The number of nitrogens with zero attached hydrogens (tertiary/aromatic N) is 1. The Morgan fingerprint density at radius 2 is 1.80 bits per heavy atom. The van der Waals surface area contributed by atoms with Gasteiger partial charge in [0.1, 0.15) is 0 Å². The lowest BCUT2D eigenvalue weighted by molar-refractivity contribution is -0.149. The number of amides is 1. The van der Waals surface area contributed by atoms with Gasteiger partial charge in [0.05, 0.1) is 13.0 Å². The maximum atomic E-state index is 11.8. The van der Waals surface area contributed by atoms with E-state index in [-0.39, 0.29) is 23.8 Å². The third-order valence-electron chi connectivity index (χ3n) is 4.51. The molecule has 0 radical (unpaired) electrons. The monoisotopic (exact) mass is 282 g/mol. The number of piperidine rings is 1. The quantitative estimate of drug-likeness (QED) is 0.793. The second-order valence-electron chi connectivity index (χ2n) is 6.08. The summed E-state index contributed by atoms with van der Waals surface area (Å²) in [6.07, 6.45) is 7.07. The van der Waals surface area contributed by atoms with E-state index in [1.54, 1.807) is 11.8 Å². The summed E-state index contributed by atoms with van der Waals surface area (Å²) in [5.74, 6) is -0.362. The van der Waals surface area contributed by atoms with E-state index < -0.39 is 0 Å². The van der Waals surface area contributed by atoms with Crippen LogP contribution in [0.15, 0.2) is 0 Å². The molecule has 1 aliphatic heterocycles. The number of ether oxygens (including phenoxy) is 1. The van der Waals surface area contributed by atoms with Crippen molar-refractivity contribution in [3.63, 3.8) is 0 Å². The second-order valence-corrected chi connectivity index (χ2v) is 6.08. The number of hydrogen-bond acceptors (Lipinski definition) is 4. The van der Waals surface area contributed by atoms with Crippen molar-refractivity contribution in [1.29, 1.82) is 0 Å². The SMILES string of the molecule is COC(=O)C1CC(NC2CCCCC2)CN(C(C)=O)C1. The zero-order chi connectivity index (χ0) is 14.5. The smallest absolute Gasteiger partial charge is 0.310 e. The maximum Gasteiger partial charge on any atom is 0.310 e. The van der Waals surface area contributed by atoms with Gasteiger partial charge in [0.25, 0.3) is 0 Å². The van der Waals surface area contributed by atoms with Crippen molar-refractivity contribution in [3.05, 3.63) is 0 Å². The average Bonchev–Trinajstić information content (AvgIpc) is 2.47. The Kier molecular flexibility index (Phi) is 5.40. The summed E-state index contributed by atoms with van der Waals surface area (Å²) in [6.45, 7) is 2.77. The van der Waals surface area contributed by atoms with Crippen molar-refractivity contribution >= 4 is 11.9 Å². The lowest BCUT2D eigenvalue weighted by Gasteiger charge is -2.39. The minimum atomic E-state index is -0.202. The minimum Gasteiger partial charge on any atom is -0.469 e. The van der Waals surface area contributed by atoms with E-state index in [4.69, 9.17) is 4.74 Å². The third kappa shape index (κ3) is 3.95. The fourth-order valence-electron chi connectivity index (χ4n) is 3.42. The Morgan fingerprint density at radius 3 is 2.40 bits per heavy atom. The predicted octanol–water partition coefficient (Wildman–Crippen LogP) is 1.32. The van der Waals surface area contributed by atoms with Crippen molar-refractivity contribution in [2.75, 3.05) is 20.2 Å². The molecule has 2 rings (SSSR count). The first-order chi connectivity index (χ1) is 9.60. The van der Waals surface area contributed by atoms with E-state index in [1.807, 2.05) is 0 Å². The predicted molar refractivity (Wildman–Crippen MR) is 76.2 cm³/mol. The van der Waals surface area contributed by atoms with Crippen LogP contribution in [0.1, 0.15) is 45.4 Å². The molecule has 1 saturated carbocycles. The molecule has 5 heteroatoms. The lowest BCUT2D eigenvalue weighted by Crippen LogP contribution is -2.54. The van der Waals surface area contributed by atoms with E-state index in [9.17, 15) is 9.59 Å². The molecule has 0 spiro atoms. The van der Waals surface area contributed by atoms with Crippen molar-refractivity contribution in [2.45, 2.75) is 57.5 Å². The van der Waals surface area contributed by atoms with E-state index in [2.05, 4.69) is 5.32 Å². The molecule has 1 aliphatic carbocycles. The standard InChI is InChI=1S/C15H26N2O3/c1-11(18)17-9-12(15(19)20-2)8-14(10-17)16-13-6-4-3-5-7-13/h12-14,16H,3-10H2,1-2H3. The van der Waals surface area contributed by atoms with E-state index in [0.717, 1.165) is 6.42 Å². The number of methoxy groups -OCH3 is 1. The van der Waals surface area contributed by atoms with Crippen LogP contribution in [0.2, 0.25) is 0 Å². The number of likely N-dealkylation sites (tertiary alicyclic amines) is 1. The molecule has 2 atom stereocenters. The van der Waals surface area contributed by atoms with Gasteiger partial charge >= 0.3 is 5.97 Å². The fourth-order valence-corrected chi connectivity index (χ4v) is 3.42. The van der Waals surface area contributed by atoms with Gasteiger partial charge in [0, 0.05) is 32.1 Å². The summed E-state index contributed by atoms with van der Waals surface area (Å²) in [4.78, 5) is 25.2. The molecule has 0 aromatic rings. The molecule has 2 unspecified atom stereocenters. The van der Waals surface area contributed by atoms with Crippen LogP contribution in [0.3, 0.4) is 0 Å². The summed E-state index contributed by atoms with van der Waals surface area (Å²) >= 11 is 0. The Hall–Kier alpha value is -1.10. The molecular formula is C15H26N2O3. The first kappa shape index (κ1) is 15.3. The molecule has 1 saturated heterocycles. The topological polar surface area (TPSA) is 58.6 Å². The maximum absolute atomic E-state index is 11.8. The molecule has 2 fully saturated rings. The highest BCUT2D eigenvalue weighted by molar-refractivity contribution is 5.77. The summed E-state index contributed by atoms with van der Waals surface area (Å²) in [6, 6.07) is 0.749. The van der Waals surface area contributed by atoms with Crippen molar-refractivity contribution in [2.24, 2.45) is 5.92 Å². The van der Waals surface area contributed by atoms with Gasteiger partial charge in [-0.05, 0) is 19.3 Å². The Balaban J connectivity index is 1.95. The van der Waals surface area contributed by atoms with Gasteiger partial charge in [-0.25, -0.2) is 0 Å². The lowest BCUT2D eigenvalue weighted by atomic mass is 9.90. The molecule has 0 aromatic carbocycles. The summed E-state index contributed by atoms with van der Waals surface area (Å²) in [7, 11) is 1.42. The summed E-state index contributed by atoms with van der Waals surface area (Å²) in [5.41, 5.74) is 0. The molecule has 1 heterocycles. The highest BCUT2D eigenvalue weighted by atomic mass is 16.5. The highest BCUT2D eigenvalue weighted by Gasteiger charge is 2.34. The van der Waals surface area contributed by atoms with Crippen LogP contribution in [0.4, 0.5) is 0 Å². The first-order valence-electron chi connectivity index (χ1n) is 7.69. The van der Waals surface area contributed by atoms with Gasteiger partial charge in [-0.15, -0.1) is 0 Å². The highest BCUT2D eigenvalue weighted by Crippen LogP contribution is 2.22. The molecule has 1 N–H and O–H groups in total. The van der Waals surface area contributed by atoms with E-state index in [0.29, 0.717) is 19.1 Å². The van der Waals surface area contributed by atoms with Crippen LogP contribution in [0, 0.1) is 5.92 Å². The van der Waals surface area contributed by atoms with Crippen LogP contribution in [0.25, 0.3) is 0 Å². The first-order valence-corrected chi connectivity index (χ1v) is 7.69. The van der Waals surface area contributed by atoms with Crippen LogP contribution < -0.4 is 5.32 Å². The summed E-state index contributed by atoms with van der Waals surface area (Å²) in [5, 5.41) is 3.65. The Labute approximate surface area is 121 Å². The van der Waals surface area contributed by atoms with Gasteiger partial charge in [-0.3, -0.25) is 9.59 Å². The number of carbonyl (C=O) groups is 2. The van der Waals surface area contributed by atoms with Gasteiger partial charge < -0.3 is 15.0 Å². The molecule has 20 heavy (non-hydrogen) atoms. The number of hydrogen-bond donors (Lipinski definition) is 1. The van der Waals surface area contributed by atoms with Crippen LogP contribution in [0.5, 0.6) is 0 Å². The molecule has 2 aliphatic rings. The Bertz CT molecular complexity index is 353. The zero-order valence-electron chi connectivity index (χ0n) is 12.6. The average molecular weight is 282 g/mol. The molecule has 114 valence electrons. The molecule has 5 nitrogen and oxygen atoms in total. The van der Waals surface area contributed by atoms with E-state index >= 15 is 0 Å². The summed E-state index contributed by atoms with van der Waals surface area (Å²) < 4.78 is 4.85. The van der Waals surface area contributed by atoms with Crippen LogP contribution in [-0.2, 0) is 14.3 Å². The Morgan fingerprint density at radius 1 is 1.10 bits per heavy atom. The fraction of sp³-hybridized carbons (Fsp3) is 0.867. The molecule has 0 aromatic heterocycles. The molecule has 1 amide bonds. The van der Waals surface area contributed by atoms with Gasteiger partial charge in [-0.1, -0.05) is 19.3 Å². The minimum absolute atomic E-state index is 0.0362. The molecular weight excluding hydrogens is 256 g/mol. The third-order valence-corrected chi connectivity index (χ3v) is 4.51. The van der Waals surface area contributed by atoms with Gasteiger partial charge in [-0.2, -0.15) is 0 Å². The van der Waals surface area contributed by atoms with Crippen molar-refractivity contribution in [3.8, 4) is 0 Å². The van der Waals surface area contributed by atoms with Gasteiger partial charge in [0.15, 0.2) is 0 Å². The number of rotatable bonds is 3. The largest absolute Gasteiger partial charge is 0.469 e.